The van der Waals surface area contributed by atoms with Gasteiger partial charge >= 0.3 is 0 Å². The molecule has 5 nitrogen and oxygen atoms in total. The fourth-order valence-corrected chi connectivity index (χ4v) is 2.75. The van der Waals surface area contributed by atoms with E-state index in [1.807, 2.05) is 53.9 Å². The van der Waals surface area contributed by atoms with Gasteiger partial charge in [0.2, 0.25) is 0 Å². The Morgan fingerprint density at radius 1 is 1.33 bits per heavy atom. The first-order valence-corrected chi connectivity index (χ1v) is 7.12. The summed E-state index contributed by atoms with van der Waals surface area (Å²) >= 11 is 0. The topological polar surface area (TPSA) is 47.4 Å². The Bertz CT molecular complexity index is 649. The van der Waals surface area contributed by atoms with Gasteiger partial charge in [0.15, 0.2) is 6.61 Å². The average molecular weight is 285 g/mol. The monoisotopic (exact) mass is 285 g/mol. The van der Waals surface area contributed by atoms with Gasteiger partial charge in [0.25, 0.3) is 5.91 Å². The largest absolute Gasteiger partial charge is 0.484 e. The third-order valence-electron chi connectivity index (χ3n) is 3.91. The third-order valence-corrected chi connectivity index (χ3v) is 3.91. The molecule has 21 heavy (non-hydrogen) atoms. The predicted octanol–water partition coefficient (Wildman–Crippen LogP) is 1.69. The van der Waals surface area contributed by atoms with Crippen molar-refractivity contribution in [2.75, 3.05) is 13.2 Å². The minimum atomic E-state index is 0.0170. The van der Waals surface area contributed by atoms with Gasteiger partial charge in [-0.15, -0.1) is 0 Å². The summed E-state index contributed by atoms with van der Waals surface area (Å²) in [6.45, 7) is 3.45. The van der Waals surface area contributed by atoms with Crippen molar-refractivity contribution in [1.29, 1.82) is 0 Å². The summed E-state index contributed by atoms with van der Waals surface area (Å²) in [6.07, 6.45) is 0.867. The number of rotatable bonds is 3. The second-order valence-corrected chi connectivity index (χ2v) is 5.30. The average Bonchev–Trinajstić information content (AvgIpc) is 2.80. The standard InChI is InChI=1S/C16H19N3O2/c1-12-14-8-9-19(10-15(14)18(2)17-12)16(20)11-21-13-6-4-3-5-7-13/h3-7H,8-11H2,1-2H3. The molecule has 2 aromatic rings. The molecule has 0 atom stereocenters. The fraction of sp³-hybridized carbons (Fsp3) is 0.375. The number of nitrogens with zero attached hydrogens (tertiary/aromatic N) is 3. The lowest BCUT2D eigenvalue weighted by Gasteiger charge is -2.27. The number of para-hydroxylation sites is 1. The van der Waals surface area contributed by atoms with Gasteiger partial charge in [-0.3, -0.25) is 9.48 Å². The molecule has 5 heteroatoms. The maximum absolute atomic E-state index is 12.3. The quantitative estimate of drug-likeness (QED) is 0.862. The molecule has 2 heterocycles. The van der Waals surface area contributed by atoms with Crippen LogP contribution in [0.2, 0.25) is 0 Å². The van der Waals surface area contributed by atoms with E-state index in [2.05, 4.69) is 5.10 Å². The number of fused-ring (bicyclic) bond motifs is 1. The van der Waals surface area contributed by atoms with Crippen molar-refractivity contribution < 1.29 is 9.53 Å². The van der Waals surface area contributed by atoms with Crippen LogP contribution in [-0.4, -0.2) is 33.7 Å². The Balaban J connectivity index is 1.63. The molecule has 1 aromatic carbocycles. The Morgan fingerprint density at radius 3 is 2.86 bits per heavy atom. The van der Waals surface area contributed by atoms with E-state index >= 15 is 0 Å². The van der Waals surface area contributed by atoms with Crippen molar-refractivity contribution in [3.8, 4) is 5.75 Å². The Hall–Kier alpha value is -2.30. The van der Waals surface area contributed by atoms with E-state index in [9.17, 15) is 4.79 Å². The molecule has 0 fully saturated rings. The second kappa shape index (κ2) is 5.60. The van der Waals surface area contributed by atoms with Crippen molar-refractivity contribution in [1.82, 2.24) is 14.7 Å². The minimum Gasteiger partial charge on any atom is -0.484 e. The lowest BCUT2D eigenvalue weighted by molar-refractivity contribution is -0.134. The molecule has 1 aliphatic heterocycles. The summed E-state index contributed by atoms with van der Waals surface area (Å²) in [4.78, 5) is 14.1. The lowest BCUT2D eigenvalue weighted by Crippen LogP contribution is -2.39. The molecule has 0 radical (unpaired) electrons. The second-order valence-electron chi connectivity index (χ2n) is 5.30. The van der Waals surface area contributed by atoms with Crippen LogP contribution in [0.15, 0.2) is 30.3 Å². The van der Waals surface area contributed by atoms with Gasteiger partial charge in [0, 0.05) is 13.6 Å². The number of hydrogen-bond donors (Lipinski definition) is 0. The van der Waals surface area contributed by atoms with E-state index in [-0.39, 0.29) is 12.5 Å². The zero-order chi connectivity index (χ0) is 14.8. The van der Waals surface area contributed by atoms with E-state index in [4.69, 9.17) is 4.74 Å². The number of hydrogen-bond acceptors (Lipinski definition) is 3. The molecule has 0 saturated heterocycles. The molecular formula is C16H19N3O2. The van der Waals surface area contributed by atoms with E-state index in [0.717, 1.165) is 30.1 Å². The van der Waals surface area contributed by atoms with E-state index < -0.39 is 0 Å². The molecule has 0 N–H and O–H groups in total. The Labute approximate surface area is 124 Å². The maximum atomic E-state index is 12.3. The highest BCUT2D eigenvalue weighted by Crippen LogP contribution is 2.21. The van der Waals surface area contributed by atoms with Gasteiger partial charge in [0.1, 0.15) is 5.75 Å². The summed E-state index contributed by atoms with van der Waals surface area (Å²) in [5, 5.41) is 4.43. The predicted molar refractivity (Wildman–Crippen MR) is 79.0 cm³/mol. The molecule has 0 bridgehead atoms. The van der Waals surface area contributed by atoms with Gasteiger partial charge in [-0.2, -0.15) is 5.10 Å². The Morgan fingerprint density at radius 2 is 2.10 bits per heavy atom. The van der Waals surface area contributed by atoms with E-state index in [1.54, 1.807) is 0 Å². The summed E-state index contributed by atoms with van der Waals surface area (Å²) in [5.74, 6) is 0.739. The molecule has 110 valence electrons. The highest BCUT2D eigenvalue weighted by molar-refractivity contribution is 5.78. The first-order valence-electron chi connectivity index (χ1n) is 7.12. The number of amides is 1. The number of benzene rings is 1. The zero-order valence-corrected chi connectivity index (χ0v) is 12.4. The molecule has 0 saturated carbocycles. The summed E-state index contributed by atoms with van der Waals surface area (Å²) in [5.41, 5.74) is 3.48. The zero-order valence-electron chi connectivity index (χ0n) is 12.4. The summed E-state index contributed by atoms with van der Waals surface area (Å²) in [6, 6.07) is 9.42. The number of ether oxygens (including phenoxy) is 1. The highest BCUT2D eigenvalue weighted by Gasteiger charge is 2.25. The minimum absolute atomic E-state index is 0.0170. The van der Waals surface area contributed by atoms with Crippen molar-refractivity contribution in [2.45, 2.75) is 19.9 Å². The molecule has 0 spiro atoms. The van der Waals surface area contributed by atoms with Crippen LogP contribution in [0.3, 0.4) is 0 Å². The molecular weight excluding hydrogens is 266 g/mol. The van der Waals surface area contributed by atoms with E-state index in [0.29, 0.717) is 6.54 Å². The van der Waals surface area contributed by atoms with Gasteiger partial charge in [-0.1, -0.05) is 18.2 Å². The summed E-state index contributed by atoms with van der Waals surface area (Å²) in [7, 11) is 1.93. The van der Waals surface area contributed by atoms with Crippen LogP contribution in [-0.2, 0) is 24.8 Å². The number of carbonyl (C=O) groups is 1. The van der Waals surface area contributed by atoms with Crippen LogP contribution >= 0.6 is 0 Å². The molecule has 3 rings (SSSR count). The van der Waals surface area contributed by atoms with Crippen LogP contribution < -0.4 is 4.74 Å². The normalized spacial score (nSPS) is 13.9. The van der Waals surface area contributed by atoms with Crippen LogP contribution in [0, 0.1) is 6.92 Å². The molecule has 0 aliphatic carbocycles. The maximum Gasteiger partial charge on any atom is 0.260 e. The van der Waals surface area contributed by atoms with Crippen LogP contribution in [0.4, 0.5) is 0 Å². The van der Waals surface area contributed by atoms with Crippen molar-refractivity contribution >= 4 is 5.91 Å². The fourth-order valence-electron chi connectivity index (χ4n) is 2.75. The molecule has 1 amide bonds. The SMILES string of the molecule is Cc1nn(C)c2c1CCN(C(=O)COc1ccccc1)C2. The number of aryl methyl sites for hydroxylation is 2. The van der Waals surface area contributed by atoms with Crippen molar-refractivity contribution in [2.24, 2.45) is 7.05 Å². The number of carbonyl (C=O) groups excluding carboxylic acids is 1. The molecule has 1 aliphatic rings. The van der Waals surface area contributed by atoms with Gasteiger partial charge in [-0.25, -0.2) is 0 Å². The number of aromatic nitrogens is 2. The van der Waals surface area contributed by atoms with Gasteiger partial charge < -0.3 is 9.64 Å². The molecule has 1 aromatic heterocycles. The highest BCUT2D eigenvalue weighted by atomic mass is 16.5. The van der Waals surface area contributed by atoms with Crippen LogP contribution in [0.25, 0.3) is 0 Å². The lowest BCUT2D eigenvalue weighted by atomic mass is 10.0. The van der Waals surface area contributed by atoms with Crippen molar-refractivity contribution in [3.63, 3.8) is 0 Å². The Kier molecular flexibility index (Phi) is 3.64. The molecule has 0 unspecified atom stereocenters. The first kappa shape index (κ1) is 13.7. The summed E-state index contributed by atoms with van der Waals surface area (Å²) < 4.78 is 7.41. The van der Waals surface area contributed by atoms with Crippen LogP contribution in [0.1, 0.15) is 17.0 Å². The van der Waals surface area contributed by atoms with Gasteiger partial charge in [-0.05, 0) is 31.0 Å². The van der Waals surface area contributed by atoms with E-state index in [1.165, 1.54) is 5.56 Å². The first-order chi connectivity index (χ1) is 10.1. The van der Waals surface area contributed by atoms with Crippen LogP contribution in [0.5, 0.6) is 5.75 Å². The third kappa shape index (κ3) is 2.77. The van der Waals surface area contributed by atoms with Gasteiger partial charge in [0.05, 0.1) is 17.9 Å². The smallest absolute Gasteiger partial charge is 0.260 e. The van der Waals surface area contributed by atoms with Crippen molar-refractivity contribution in [3.05, 3.63) is 47.3 Å².